The highest BCUT2D eigenvalue weighted by atomic mass is 35.5. The first-order valence-electron chi connectivity index (χ1n) is 40.3. The van der Waals surface area contributed by atoms with Gasteiger partial charge in [-0.25, -0.2) is 18.0 Å². The average molecular weight is 1600 g/mol. The Kier molecular flexibility index (Phi) is 28.4. The average Bonchev–Trinajstić information content (AvgIpc) is 1.75. The van der Waals surface area contributed by atoms with Crippen molar-refractivity contribution >= 4 is 106 Å². The number of ether oxygens (including phenoxy) is 2. The summed E-state index contributed by atoms with van der Waals surface area (Å²) >= 11 is 6.15. The highest BCUT2D eigenvalue weighted by Gasteiger charge is 2.42. The number of anilines is 3. The van der Waals surface area contributed by atoms with Gasteiger partial charge in [-0.15, -0.1) is 0 Å². The van der Waals surface area contributed by atoms with Crippen molar-refractivity contribution in [2.24, 2.45) is 0 Å². The molecule has 0 unspecified atom stereocenters. The van der Waals surface area contributed by atoms with E-state index in [1.165, 1.54) is 33.3 Å². The molecule has 0 atom stereocenters. The first-order chi connectivity index (χ1) is 54.9. The summed E-state index contributed by atoms with van der Waals surface area (Å²) < 4.78 is 48.0. The number of nitriles is 5. The smallest absolute Gasteiger partial charge is 0.410 e. The fourth-order valence-electron chi connectivity index (χ4n) is 15.4. The fraction of sp³-hybridized carbons (Fsp3) is 0.472. The van der Waals surface area contributed by atoms with Crippen molar-refractivity contribution in [1.29, 1.82) is 26.3 Å². The molecule has 4 saturated heterocycles. The van der Waals surface area contributed by atoms with Crippen LogP contribution in [-0.2, 0) is 52.2 Å². The lowest BCUT2D eigenvalue weighted by Gasteiger charge is -2.37. The zero-order valence-electron chi connectivity index (χ0n) is 70.0. The van der Waals surface area contributed by atoms with Gasteiger partial charge in [-0.05, 0) is 182 Å². The molecule has 5 aromatic heterocycles. The molecule has 24 nitrogen and oxygen atoms in total. The van der Waals surface area contributed by atoms with Gasteiger partial charge in [-0.3, -0.25) is 0 Å². The normalized spacial score (nSPS) is 15.3. The molecule has 0 spiro atoms. The summed E-state index contributed by atoms with van der Waals surface area (Å²) in [5, 5.41) is 59.2. The lowest BCUT2D eigenvalue weighted by atomic mass is 10.1. The van der Waals surface area contributed by atoms with Crippen LogP contribution in [0.4, 0.5) is 27.0 Å². The van der Waals surface area contributed by atoms with E-state index in [9.17, 15) is 33.8 Å². The van der Waals surface area contributed by atoms with Gasteiger partial charge in [0.1, 0.15) is 80.8 Å². The Bertz CT molecular complexity index is 5510. The second-order valence-corrected chi connectivity index (χ2v) is 34.3. The van der Waals surface area contributed by atoms with Gasteiger partial charge in [0, 0.05) is 176 Å². The van der Waals surface area contributed by atoms with E-state index in [0.717, 1.165) is 181 Å². The van der Waals surface area contributed by atoms with Crippen molar-refractivity contribution in [3.05, 3.63) is 158 Å². The molecule has 1 aliphatic carbocycles. The maximum Gasteiger partial charge on any atom is 0.410 e. The van der Waals surface area contributed by atoms with E-state index in [4.69, 9.17) is 31.6 Å². The van der Waals surface area contributed by atoms with Crippen LogP contribution < -0.4 is 25.3 Å². The van der Waals surface area contributed by atoms with E-state index in [2.05, 4.69) is 172 Å². The molecule has 0 radical (unpaired) electrons. The summed E-state index contributed by atoms with van der Waals surface area (Å²) in [6.07, 6.45) is 3.04. The van der Waals surface area contributed by atoms with E-state index in [1.807, 2.05) is 115 Å². The van der Waals surface area contributed by atoms with Gasteiger partial charge in [0.25, 0.3) is 0 Å². The molecule has 2 N–H and O–H groups in total. The van der Waals surface area contributed by atoms with Crippen molar-refractivity contribution in [3.8, 4) is 30.3 Å². The summed E-state index contributed by atoms with van der Waals surface area (Å²) in [5.41, 5.74) is 14.2. The predicted octanol–water partition coefficient (Wildman–Crippen LogP) is 15.8. The Morgan fingerprint density at radius 1 is 0.426 bits per heavy atom. The van der Waals surface area contributed by atoms with Crippen LogP contribution in [0.1, 0.15) is 145 Å². The lowest BCUT2D eigenvalue weighted by Crippen LogP contribution is -2.50. The van der Waals surface area contributed by atoms with Gasteiger partial charge >= 0.3 is 12.2 Å². The van der Waals surface area contributed by atoms with Gasteiger partial charge in [0.15, 0.2) is 0 Å². The van der Waals surface area contributed by atoms with Gasteiger partial charge in [-0.2, -0.15) is 30.6 Å². The molecule has 10 aromatic rings. The van der Waals surface area contributed by atoms with Crippen molar-refractivity contribution in [2.45, 2.75) is 173 Å². The van der Waals surface area contributed by atoms with Gasteiger partial charge in [0.2, 0.25) is 10.0 Å². The van der Waals surface area contributed by atoms with Crippen LogP contribution in [0.25, 0.3) is 54.5 Å². The second-order valence-electron chi connectivity index (χ2n) is 31.8. The quantitative estimate of drug-likeness (QED) is 0.129. The van der Waals surface area contributed by atoms with Crippen LogP contribution in [-0.4, -0.2) is 179 Å². The third kappa shape index (κ3) is 19.8. The first-order valence-corrected chi connectivity index (χ1v) is 42.2. The Hall–Kier alpha value is -10.7. The SMILES string of the molecule is CC(C)(C)OC(=O)N1CCNCC1.CCn1c(Cl)c(C#N)c2ccc(C)cc21.CCn1c(N2CCN(C(=O)OC(C)(C)C)CC2)c(C#N)c2ccc(C)cc21.CCn1c(N2CCN(S(=O)(=O)C3CC3)CC2)c(C#N)c2ccc(C)cc21.CCn1c(N2CCNCC2)c(C#N)c2ccc(C)cc21.CCn1cc(C#N)c2ccc(C)cc21. The molecule has 5 fully saturated rings. The van der Waals surface area contributed by atoms with Crippen LogP contribution in [0.15, 0.2) is 97.2 Å². The standard InChI is InChI=1S/C21H28N4O2.C19H24N4O2S.C16H20N4.C12H11ClN2.C12H12N2.C9H18N2O2/c1-6-25-18-13-15(2)7-8-16(18)17(14-22)19(25)23-9-11-24(12-10-23)20(26)27-21(3,4)5;1-3-23-18-12-14(2)4-7-16(18)17(13-20)19(23)21-8-10-22(11-9-21)26(24,25)15-5-6-15;1-3-20-15-10-12(2)4-5-13(15)14(11-17)16(20)19-8-6-18-7-9-19;1-3-15-11-6-8(2)4-5-9(11)10(7-14)12(15)13;1-3-14-8-10(7-13)11-5-4-9(2)6-12(11)14;1-9(2,3)13-8(12)11-6-4-10-5-7-11/h7-8,13H,6,9-12H2,1-5H3;4,7,12,15H,3,5-6,8-11H2,1-2H3;4-5,10,18H,3,6-9H2,1-2H3;4-6H,3H2,1-2H3;4-6,8H,3H2,1-2H3;10H,4-7H2,1-3H3. The summed E-state index contributed by atoms with van der Waals surface area (Å²) in [5.74, 6) is 2.99. The third-order valence-corrected chi connectivity index (χ3v) is 24.0. The minimum absolute atomic E-state index is 0.159. The van der Waals surface area contributed by atoms with Crippen molar-refractivity contribution < 1.29 is 27.5 Å². The molecule has 115 heavy (non-hydrogen) atoms. The minimum Gasteiger partial charge on any atom is -0.444 e. The Morgan fingerprint density at radius 2 is 0.748 bits per heavy atom. The van der Waals surface area contributed by atoms with E-state index >= 15 is 0 Å². The van der Waals surface area contributed by atoms with Crippen LogP contribution in [0.5, 0.6) is 0 Å². The molecular formula is C89H113ClN18O6S. The molecule has 15 rings (SSSR count). The van der Waals surface area contributed by atoms with Crippen molar-refractivity contribution in [2.75, 3.05) is 119 Å². The number of benzene rings is 5. The van der Waals surface area contributed by atoms with Crippen molar-refractivity contribution in [1.82, 2.24) is 47.6 Å². The topological polar surface area (TPSA) is 274 Å². The van der Waals surface area contributed by atoms with E-state index < -0.39 is 15.6 Å². The number of rotatable bonds is 10. The van der Waals surface area contributed by atoms with Crippen LogP contribution in [0.2, 0.25) is 5.15 Å². The van der Waals surface area contributed by atoms with Crippen molar-refractivity contribution in [3.63, 3.8) is 0 Å². The number of hydrogen-bond acceptors (Lipinski definition) is 16. The molecule has 5 aromatic carbocycles. The van der Waals surface area contributed by atoms with E-state index in [-0.39, 0.29) is 23.0 Å². The van der Waals surface area contributed by atoms with Gasteiger partial charge in [-0.1, -0.05) is 72.3 Å². The number of piperazine rings is 4. The van der Waals surface area contributed by atoms with Crippen LogP contribution in [0.3, 0.4) is 0 Å². The Balaban J connectivity index is 0.000000149. The second kappa shape index (κ2) is 37.7. The number of sulfonamides is 1. The zero-order chi connectivity index (χ0) is 83.4. The highest BCUT2D eigenvalue weighted by Crippen LogP contribution is 2.39. The molecule has 2 amide bonds. The Labute approximate surface area is 683 Å². The molecule has 9 heterocycles. The van der Waals surface area contributed by atoms with Crippen LogP contribution in [0, 0.1) is 91.3 Å². The number of carbonyl (C=O) groups is 2. The largest absolute Gasteiger partial charge is 0.444 e. The van der Waals surface area contributed by atoms with Crippen LogP contribution >= 0.6 is 11.6 Å². The maximum absolute atomic E-state index is 12.5. The number of fused-ring (bicyclic) bond motifs is 5. The summed E-state index contributed by atoms with van der Waals surface area (Å²) in [4.78, 5) is 34.0. The number of amides is 2. The Morgan fingerprint density at radius 3 is 1.09 bits per heavy atom. The number of nitrogens with zero attached hydrogens (tertiary/aromatic N) is 16. The van der Waals surface area contributed by atoms with Gasteiger partial charge < -0.3 is 67.4 Å². The molecule has 608 valence electrons. The molecule has 5 aliphatic rings. The molecule has 4 aliphatic heterocycles. The minimum atomic E-state index is -3.12. The highest BCUT2D eigenvalue weighted by molar-refractivity contribution is 7.90. The summed E-state index contributed by atoms with van der Waals surface area (Å²) in [6.45, 7) is 48.1. The monoisotopic (exact) mass is 1600 g/mol. The molecule has 1 saturated carbocycles. The third-order valence-electron chi connectivity index (χ3n) is 21.2. The molecule has 0 bridgehead atoms. The predicted molar refractivity (Wildman–Crippen MR) is 462 cm³/mol. The fourth-order valence-corrected chi connectivity index (χ4v) is 17.6. The number of nitrogens with one attached hydrogen (secondary N) is 2. The summed E-state index contributed by atoms with van der Waals surface area (Å²) in [6, 6.07) is 42.6. The number of carbonyl (C=O) groups excluding carboxylic acids is 2. The summed E-state index contributed by atoms with van der Waals surface area (Å²) in [7, 11) is -3.12. The maximum atomic E-state index is 12.5. The first kappa shape index (κ1) is 86.7. The number of aromatic nitrogens is 5. The molecule has 26 heteroatoms. The lowest BCUT2D eigenvalue weighted by molar-refractivity contribution is 0.0223. The number of halogens is 1. The zero-order valence-corrected chi connectivity index (χ0v) is 71.5. The van der Waals surface area contributed by atoms with Gasteiger partial charge in [0.05, 0.1) is 38.4 Å². The van der Waals surface area contributed by atoms with E-state index in [0.29, 0.717) is 68.6 Å². The number of aryl methyl sites for hydroxylation is 10. The number of hydrogen-bond donors (Lipinski definition) is 2. The molecular weight excluding hydrogens is 1480 g/mol. The van der Waals surface area contributed by atoms with E-state index in [1.54, 1.807) is 14.1 Å².